The van der Waals surface area contributed by atoms with Crippen molar-refractivity contribution >= 4 is 11.9 Å². The zero-order valence-corrected chi connectivity index (χ0v) is 33.7. The molecule has 0 aromatic rings. The molecule has 3 unspecified atom stereocenters. The Morgan fingerprint density at radius 1 is 0.577 bits per heavy atom. The number of unbranched alkanes of at least 4 members (excludes halogenated alkanes) is 13. The van der Waals surface area contributed by atoms with Crippen molar-refractivity contribution in [2.75, 3.05) is 13.2 Å². The van der Waals surface area contributed by atoms with Crippen molar-refractivity contribution in [1.82, 2.24) is 0 Å². The lowest BCUT2D eigenvalue weighted by Crippen LogP contribution is -2.25. The summed E-state index contributed by atoms with van der Waals surface area (Å²) >= 11 is 0. The molecule has 1 saturated heterocycles. The van der Waals surface area contributed by atoms with Crippen molar-refractivity contribution in [3.63, 3.8) is 0 Å². The summed E-state index contributed by atoms with van der Waals surface area (Å²) in [4.78, 5) is 24.0. The second kappa shape index (κ2) is 35.6. The van der Waals surface area contributed by atoms with Crippen LogP contribution in [0.1, 0.15) is 181 Å². The van der Waals surface area contributed by atoms with E-state index in [4.69, 9.17) is 14.2 Å². The van der Waals surface area contributed by atoms with Crippen molar-refractivity contribution in [2.24, 2.45) is 5.92 Å². The molecule has 1 heterocycles. The minimum absolute atomic E-state index is 0.143. The number of epoxide rings is 1. The van der Waals surface area contributed by atoms with E-state index in [1.165, 1.54) is 83.5 Å². The molecule has 1 N–H and O–H groups in total. The third-order valence-corrected chi connectivity index (χ3v) is 9.72. The van der Waals surface area contributed by atoms with Crippen LogP contribution < -0.4 is 0 Å². The van der Waals surface area contributed by atoms with E-state index in [9.17, 15) is 14.7 Å². The SMILES string of the molecule is CC/C=C\CC1OC1C/C=C\C/C=C\C/C=C\C/C=C\CCC(=O)OC[C@H](O)COC(=O)CCCCCCCCCCCCCCCCC(C)CC. The Balaban J connectivity index is 1.85. The van der Waals surface area contributed by atoms with Crippen LogP contribution in [-0.2, 0) is 23.8 Å². The molecule has 0 amide bonds. The summed E-state index contributed by atoms with van der Waals surface area (Å²) in [7, 11) is 0. The molecule has 1 rings (SSSR count). The lowest BCUT2D eigenvalue weighted by Gasteiger charge is -2.12. The van der Waals surface area contributed by atoms with Gasteiger partial charge in [0.25, 0.3) is 0 Å². The number of carbonyl (C=O) groups excluding carboxylic acids is 2. The molecule has 6 nitrogen and oxygen atoms in total. The van der Waals surface area contributed by atoms with E-state index in [0.29, 0.717) is 25.0 Å². The van der Waals surface area contributed by atoms with E-state index in [1.807, 2.05) is 12.2 Å². The zero-order valence-electron chi connectivity index (χ0n) is 33.7. The third kappa shape index (κ3) is 32.2. The van der Waals surface area contributed by atoms with Gasteiger partial charge in [0.1, 0.15) is 19.3 Å². The average molecular weight is 727 g/mol. The molecule has 0 spiro atoms. The Morgan fingerprint density at radius 2 is 1.00 bits per heavy atom. The number of aliphatic hydroxyl groups is 1. The van der Waals surface area contributed by atoms with E-state index in [-0.39, 0.29) is 31.6 Å². The molecule has 0 aromatic heterocycles. The van der Waals surface area contributed by atoms with Crippen LogP contribution in [0.3, 0.4) is 0 Å². The molecule has 52 heavy (non-hydrogen) atoms. The molecule has 0 aliphatic carbocycles. The van der Waals surface area contributed by atoms with Crippen LogP contribution >= 0.6 is 0 Å². The maximum absolute atomic E-state index is 12.0. The fourth-order valence-electron chi connectivity index (χ4n) is 6.01. The van der Waals surface area contributed by atoms with Crippen molar-refractivity contribution in [2.45, 2.75) is 200 Å². The van der Waals surface area contributed by atoms with Crippen LogP contribution in [0, 0.1) is 5.92 Å². The number of aliphatic hydroxyl groups excluding tert-OH is 1. The molecule has 0 bridgehead atoms. The summed E-state index contributed by atoms with van der Waals surface area (Å²) in [6, 6.07) is 0. The van der Waals surface area contributed by atoms with Gasteiger partial charge in [-0.05, 0) is 57.3 Å². The number of esters is 2. The predicted octanol–water partition coefficient (Wildman–Crippen LogP) is 12.4. The highest BCUT2D eigenvalue weighted by Crippen LogP contribution is 2.29. The van der Waals surface area contributed by atoms with E-state index >= 15 is 0 Å². The fraction of sp³-hybridized carbons (Fsp3) is 0.739. The molecular weight excluding hydrogens is 648 g/mol. The van der Waals surface area contributed by atoms with Crippen LogP contribution in [0.25, 0.3) is 0 Å². The Bertz CT molecular complexity index is 995. The van der Waals surface area contributed by atoms with Crippen LogP contribution in [0.15, 0.2) is 60.8 Å². The number of hydrogen-bond donors (Lipinski definition) is 1. The average Bonchev–Trinajstić information content (AvgIpc) is 3.90. The van der Waals surface area contributed by atoms with Gasteiger partial charge in [-0.1, -0.05) is 178 Å². The maximum atomic E-state index is 12.0. The van der Waals surface area contributed by atoms with E-state index in [2.05, 4.69) is 69.4 Å². The van der Waals surface area contributed by atoms with Crippen molar-refractivity contribution in [3.8, 4) is 0 Å². The van der Waals surface area contributed by atoms with Gasteiger partial charge >= 0.3 is 11.9 Å². The molecule has 0 aromatic carbocycles. The molecule has 1 fully saturated rings. The Hall–Kier alpha value is -2.44. The van der Waals surface area contributed by atoms with Crippen molar-refractivity contribution < 1.29 is 28.9 Å². The molecule has 4 atom stereocenters. The van der Waals surface area contributed by atoms with Gasteiger partial charge in [-0.15, -0.1) is 0 Å². The summed E-state index contributed by atoms with van der Waals surface area (Å²) in [6.07, 6.45) is 49.0. The first-order chi connectivity index (χ1) is 25.5. The van der Waals surface area contributed by atoms with Gasteiger partial charge in [0, 0.05) is 12.8 Å². The van der Waals surface area contributed by atoms with Gasteiger partial charge in [0.05, 0.1) is 12.2 Å². The monoisotopic (exact) mass is 727 g/mol. The van der Waals surface area contributed by atoms with Crippen LogP contribution in [0.4, 0.5) is 0 Å². The number of ether oxygens (including phenoxy) is 3. The van der Waals surface area contributed by atoms with Gasteiger partial charge in [-0.25, -0.2) is 0 Å². The summed E-state index contributed by atoms with van der Waals surface area (Å²) < 4.78 is 16.0. The minimum Gasteiger partial charge on any atom is -0.463 e. The Labute approximate surface area is 319 Å². The molecule has 298 valence electrons. The zero-order chi connectivity index (χ0) is 37.7. The summed E-state index contributed by atoms with van der Waals surface area (Å²) in [5, 5.41) is 10.0. The van der Waals surface area contributed by atoms with Crippen LogP contribution in [0.5, 0.6) is 0 Å². The highest BCUT2D eigenvalue weighted by atomic mass is 16.6. The van der Waals surface area contributed by atoms with Gasteiger partial charge in [0.2, 0.25) is 0 Å². The van der Waals surface area contributed by atoms with Gasteiger partial charge in [-0.3, -0.25) is 9.59 Å². The van der Waals surface area contributed by atoms with Gasteiger partial charge in [0.15, 0.2) is 0 Å². The second-order valence-electron chi connectivity index (χ2n) is 14.7. The van der Waals surface area contributed by atoms with Crippen molar-refractivity contribution in [1.29, 1.82) is 0 Å². The van der Waals surface area contributed by atoms with Gasteiger partial charge < -0.3 is 19.3 Å². The summed E-state index contributed by atoms with van der Waals surface area (Å²) in [5.74, 6) is 0.234. The number of carbonyl (C=O) groups is 2. The normalized spacial score (nSPS) is 17.3. The molecule has 6 heteroatoms. The van der Waals surface area contributed by atoms with Crippen LogP contribution in [-0.4, -0.2) is 48.6 Å². The lowest BCUT2D eigenvalue weighted by molar-refractivity contribution is -0.152. The number of rotatable bonds is 36. The topological polar surface area (TPSA) is 85.4 Å². The van der Waals surface area contributed by atoms with Crippen LogP contribution in [0.2, 0.25) is 0 Å². The third-order valence-electron chi connectivity index (χ3n) is 9.72. The molecule has 0 radical (unpaired) electrons. The summed E-state index contributed by atoms with van der Waals surface area (Å²) in [6.45, 7) is 6.51. The largest absolute Gasteiger partial charge is 0.463 e. The van der Waals surface area contributed by atoms with E-state index < -0.39 is 6.10 Å². The van der Waals surface area contributed by atoms with Gasteiger partial charge in [-0.2, -0.15) is 0 Å². The number of allylic oxidation sites excluding steroid dienone is 8. The lowest BCUT2D eigenvalue weighted by atomic mass is 9.99. The van der Waals surface area contributed by atoms with E-state index in [0.717, 1.165) is 63.7 Å². The quantitative estimate of drug-likeness (QED) is 0.0299. The molecule has 1 aliphatic rings. The predicted molar refractivity (Wildman–Crippen MR) is 218 cm³/mol. The first-order valence-corrected chi connectivity index (χ1v) is 21.4. The van der Waals surface area contributed by atoms with E-state index in [1.54, 1.807) is 0 Å². The standard InChI is InChI=1S/C46H78O6/c1-4-6-29-35-43-44(52-43)36-31-26-22-18-14-11-12-16-20-24-28-33-38-46(49)51-40-42(47)39-50-45(48)37-32-27-23-19-15-10-8-7-9-13-17-21-25-30-34-41(3)5-2/h6,12,14,16,18,24,26,28-29,31,41-44,47H,4-5,7-11,13,15,17,19-23,25,27,30,32-40H2,1-3H3/b16-12-,18-14-,28-24-,29-6-,31-26-/t41?,42-,43?,44?/m1/s1. The minimum atomic E-state index is -0.999. The fourth-order valence-corrected chi connectivity index (χ4v) is 6.01. The molecular formula is C46H78O6. The highest BCUT2D eigenvalue weighted by Gasteiger charge is 2.35. The first kappa shape index (κ1) is 47.6. The Kier molecular flexibility index (Phi) is 32.6. The molecule has 0 saturated carbocycles. The summed E-state index contributed by atoms with van der Waals surface area (Å²) in [5.41, 5.74) is 0. The smallest absolute Gasteiger partial charge is 0.306 e. The first-order valence-electron chi connectivity index (χ1n) is 21.4. The highest BCUT2D eigenvalue weighted by molar-refractivity contribution is 5.70. The Morgan fingerprint density at radius 3 is 1.50 bits per heavy atom. The second-order valence-corrected chi connectivity index (χ2v) is 14.7. The van der Waals surface area contributed by atoms with Crippen molar-refractivity contribution in [3.05, 3.63) is 60.8 Å². The number of hydrogen-bond acceptors (Lipinski definition) is 6. The molecule has 1 aliphatic heterocycles. The maximum Gasteiger partial charge on any atom is 0.306 e.